The highest BCUT2D eigenvalue weighted by molar-refractivity contribution is 6.30. The summed E-state index contributed by atoms with van der Waals surface area (Å²) in [5.41, 5.74) is 4.44. The summed E-state index contributed by atoms with van der Waals surface area (Å²) in [4.78, 5) is 2.59. The van der Waals surface area contributed by atoms with E-state index in [1.807, 2.05) is 6.07 Å². The fraction of sp³-hybridized carbons (Fsp3) is 0.529. The molecule has 0 radical (unpaired) electrons. The molecule has 0 amide bonds. The van der Waals surface area contributed by atoms with E-state index in [4.69, 9.17) is 11.6 Å². The summed E-state index contributed by atoms with van der Waals surface area (Å²) in [6.07, 6.45) is 5.11. The Morgan fingerprint density at radius 3 is 2.79 bits per heavy atom. The molecule has 2 aliphatic heterocycles. The summed E-state index contributed by atoms with van der Waals surface area (Å²) in [7, 11) is 0. The second kappa shape index (κ2) is 4.64. The van der Waals surface area contributed by atoms with E-state index in [1.165, 1.54) is 36.1 Å². The lowest BCUT2D eigenvalue weighted by atomic mass is 9.80. The van der Waals surface area contributed by atoms with Crippen molar-refractivity contribution in [3.63, 3.8) is 0 Å². The van der Waals surface area contributed by atoms with Gasteiger partial charge in [0.1, 0.15) is 0 Å². The molecule has 1 unspecified atom stereocenters. The van der Waals surface area contributed by atoms with Crippen LogP contribution < -0.4 is 0 Å². The molecule has 1 saturated heterocycles. The molecule has 19 heavy (non-hydrogen) atoms. The molecule has 0 bridgehead atoms. The molecule has 1 atom stereocenters. The third-order valence-electron chi connectivity index (χ3n) is 4.31. The van der Waals surface area contributed by atoms with Crippen LogP contribution in [0.3, 0.4) is 0 Å². The van der Waals surface area contributed by atoms with E-state index in [0.717, 1.165) is 11.6 Å². The zero-order valence-corrected chi connectivity index (χ0v) is 12.8. The molecule has 0 aromatic heterocycles. The highest BCUT2D eigenvalue weighted by atomic mass is 35.5. The SMILES string of the molecule is CC(C)(C)C1=CC2CCCN2Cc2cc(Cl)ccc21. The van der Waals surface area contributed by atoms with Gasteiger partial charge < -0.3 is 0 Å². The number of halogens is 1. The Labute approximate surface area is 121 Å². The lowest BCUT2D eigenvalue weighted by molar-refractivity contribution is 0.283. The van der Waals surface area contributed by atoms with Crippen LogP contribution in [-0.4, -0.2) is 17.5 Å². The van der Waals surface area contributed by atoms with E-state index >= 15 is 0 Å². The average molecular weight is 276 g/mol. The van der Waals surface area contributed by atoms with Gasteiger partial charge in [-0.05, 0) is 53.6 Å². The second-order valence-corrected chi connectivity index (χ2v) is 7.25. The number of benzene rings is 1. The Balaban J connectivity index is 2.15. The van der Waals surface area contributed by atoms with Gasteiger partial charge in [-0.15, -0.1) is 0 Å². The first-order valence-corrected chi connectivity index (χ1v) is 7.58. The lowest BCUT2D eigenvalue weighted by Crippen LogP contribution is -2.26. The van der Waals surface area contributed by atoms with Gasteiger partial charge >= 0.3 is 0 Å². The first kappa shape index (κ1) is 13.2. The Morgan fingerprint density at radius 2 is 2.05 bits per heavy atom. The van der Waals surface area contributed by atoms with Gasteiger partial charge in [-0.2, -0.15) is 0 Å². The van der Waals surface area contributed by atoms with Crippen LogP contribution in [0.4, 0.5) is 0 Å². The predicted molar refractivity (Wildman–Crippen MR) is 82.3 cm³/mol. The van der Waals surface area contributed by atoms with Gasteiger partial charge in [0.25, 0.3) is 0 Å². The summed E-state index contributed by atoms with van der Waals surface area (Å²) in [5, 5.41) is 0.852. The third-order valence-corrected chi connectivity index (χ3v) is 4.55. The van der Waals surface area contributed by atoms with Gasteiger partial charge in [-0.25, -0.2) is 0 Å². The van der Waals surface area contributed by atoms with Crippen LogP contribution in [0.5, 0.6) is 0 Å². The fourth-order valence-corrected chi connectivity index (χ4v) is 3.54. The molecule has 0 N–H and O–H groups in total. The van der Waals surface area contributed by atoms with E-state index in [0.29, 0.717) is 6.04 Å². The van der Waals surface area contributed by atoms with Crippen LogP contribution >= 0.6 is 11.6 Å². The van der Waals surface area contributed by atoms with Crippen LogP contribution in [0.15, 0.2) is 24.3 Å². The number of nitrogens with zero attached hydrogens (tertiary/aromatic N) is 1. The summed E-state index contributed by atoms with van der Waals surface area (Å²) in [6, 6.07) is 6.99. The number of rotatable bonds is 0. The minimum absolute atomic E-state index is 0.182. The van der Waals surface area contributed by atoms with Crippen molar-refractivity contribution in [2.75, 3.05) is 6.54 Å². The van der Waals surface area contributed by atoms with E-state index in [-0.39, 0.29) is 5.41 Å². The van der Waals surface area contributed by atoms with Crippen LogP contribution in [0.2, 0.25) is 5.02 Å². The van der Waals surface area contributed by atoms with Gasteiger partial charge in [0.2, 0.25) is 0 Å². The zero-order chi connectivity index (χ0) is 13.6. The Morgan fingerprint density at radius 1 is 1.26 bits per heavy atom. The number of hydrogen-bond acceptors (Lipinski definition) is 1. The number of fused-ring (bicyclic) bond motifs is 2. The van der Waals surface area contributed by atoms with Crippen LogP contribution in [-0.2, 0) is 6.54 Å². The Hall–Kier alpha value is -0.790. The Kier molecular flexibility index (Phi) is 3.23. The first-order valence-electron chi connectivity index (χ1n) is 7.20. The van der Waals surface area contributed by atoms with Gasteiger partial charge in [-0.3, -0.25) is 4.90 Å². The maximum absolute atomic E-state index is 6.20. The molecule has 1 aromatic rings. The van der Waals surface area contributed by atoms with Crippen molar-refractivity contribution in [3.05, 3.63) is 40.4 Å². The van der Waals surface area contributed by atoms with E-state index in [9.17, 15) is 0 Å². The molecule has 2 aliphatic rings. The minimum atomic E-state index is 0.182. The van der Waals surface area contributed by atoms with Crippen LogP contribution in [0.25, 0.3) is 5.57 Å². The fourth-order valence-electron chi connectivity index (χ4n) is 3.35. The molecular weight excluding hydrogens is 254 g/mol. The standard InChI is InChI=1S/C17H22ClN/c1-17(2,3)16-10-14-5-4-8-19(14)11-12-9-13(18)6-7-15(12)16/h6-7,9-10,14H,4-5,8,11H2,1-3H3. The van der Waals surface area contributed by atoms with Gasteiger partial charge in [-0.1, -0.05) is 44.5 Å². The minimum Gasteiger partial charge on any atom is -0.293 e. The van der Waals surface area contributed by atoms with Crippen molar-refractivity contribution >= 4 is 17.2 Å². The van der Waals surface area contributed by atoms with Crippen molar-refractivity contribution in [2.24, 2.45) is 5.41 Å². The molecular formula is C17H22ClN. The third kappa shape index (κ3) is 2.46. The summed E-state index contributed by atoms with van der Waals surface area (Å²) in [6.45, 7) is 9.17. The van der Waals surface area contributed by atoms with Gasteiger partial charge in [0.05, 0.1) is 0 Å². The largest absolute Gasteiger partial charge is 0.293 e. The van der Waals surface area contributed by atoms with Crippen molar-refractivity contribution in [2.45, 2.75) is 46.2 Å². The summed E-state index contributed by atoms with van der Waals surface area (Å²) < 4.78 is 0. The quantitative estimate of drug-likeness (QED) is 0.661. The Bertz CT molecular complexity index is 525. The summed E-state index contributed by atoms with van der Waals surface area (Å²) >= 11 is 6.20. The second-order valence-electron chi connectivity index (χ2n) is 6.81. The molecule has 2 heteroatoms. The van der Waals surface area contributed by atoms with Gasteiger partial charge in [0, 0.05) is 17.6 Å². The molecule has 1 aromatic carbocycles. The molecule has 0 aliphatic carbocycles. The topological polar surface area (TPSA) is 3.24 Å². The lowest BCUT2D eigenvalue weighted by Gasteiger charge is -2.25. The van der Waals surface area contributed by atoms with E-state index < -0.39 is 0 Å². The normalized spacial score (nSPS) is 23.6. The van der Waals surface area contributed by atoms with Gasteiger partial charge in [0.15, 0.2) is 0 Å². The highest BCUT2D eigenvalue weighted by Crippen LogP contribution is 2.41. The molecule has 0 spiro atoms. The summed E-state index contributed by atoms with van der Waals surface area (Å²) in [5.74, 6) is 0. The molecule has 0 saturated carbocycles. The zero-order valence-electron chi connectivity index (χ0n) is 12.0. The van der Waals surface area contributed by atoms with Crippen molar-refractivity contribution in [1.29, 1.82) is 0 Å². The maximum Gasteiger partial charge on any atom is 0.0409 e. The maximum atomic E-state index is 6.20. The molecule has 3 rings (SSSR count). The number of hydrogen-bond donors (Lipinski definition) is 0. The predicted octanol–water partition coefficient (Wildman–Crippen LogP) is 4.75. The highest BCUT2D eigenvalue weighted by Gasteiger charge is 2.31. The van der Waals surface area contributed by atoms with E-state index in [1.54, 1.807) is 0 Å². The average Bonchev–Trinajstić information content (AvgIpc) is 2.67. The molecule has 102 valence electrons. The smallest absolute Gasteiger partial charge is 0.0409 e. The number of allylic oxidation sites excluding steroid dienone is 1. The monoisotopic (exact) mass is 275 g/mol. The van der Waals surface area contributed by atoms with Crippen LogP contribution in [0.1, 0.15) is 44.7 Å². The first-order chi connectivity index (χ1) is 8.95. The van der Waals surface area contributed by atoms with Crippen molar-refractivity contribution < 1.29 is 0 Å². The molecule has 1 fully saturated rings. The van der Waals surface area contributed by atoms with Crippen molar-refractivity contribution in [1.82, 2.24) is 4.90 Å². The van der Waals surface area contributed by atoms with Crippen molar-refractivity contribution in [3.8, 4) is 0 Å². The molecule has 1 nitrogen and oxygen atoms in total. The van der Waals surface area contributed by atoms with Crippen LogP contribution in [0, 0.1) is 5.41 Å². The molecule has 2 heterocycles. The van der Waals surface area contributed by atoms with E-state index in [2.05, 4.69) is 43.9 Å².